The molecule has 1 rings (SSSR count). The number of rotatable bonds is 7. The van der Waals surface area contributed by atoms with Gasteiger partial charge in [-0.2, -0.15) is 11.8 Å². The van der Waals surface area contributed by atoms with E-state index in [-0.39, 0.29) is 6.61 Å². The second-order valence-electron chi connectivity index (χ2n) is 4.12. The Hall–Kier alpha value is -0.550. The fourth-order valence-electron chi connectivity index (χ4n) is 1.45. The molecule has 0 radical (unpaired) electrons. The lowest BCUT2D eigenvalue weighted by Gasteiger charge is -2.08. The van der Waals surface area contributed by atoms with Crippen LogP contribution in [-0.2, 0) is 12.3 Å². The Morgan fingerprint density at radius 1 is 1.44 bits per heavy atom. The molecular formula is C11H21N3OS. The number of thioether (sulfide) groups is 1. The summed E-state index contributed by atoms with van der Waals surface area (Å²) in [5.74, 6) is 4.25. The van der Waals surface area contributed by atoms with Crippen molar-refractivity contribution in [3.05, 3.63) is 11.6 Å². The highest BCUT2D eigenvalue weighted by Gasteiger charge is 2.08. The van der Waals surface area contributed by atoms with Gasteiger partial charge in [-0.05, 0) is 25.0 Å². The monoisotopic (exact) mass is 243 g/mol. The van der Waals surface area contributed by atoms with Crippen LogP contribution in [0, 0.1) is 12.8 Å². The van der Waals surface area contributed by atoms with Gasteiger partial charge >= 0.3 is 0 Å². The van der Waals surface area contributed by atoms with Crippen molar-refractivity contribution in [3.63, 3.8) is 0 Å². The van der Waals surface area contributed by atoms with Crippen molar-refractivity contribution in [2.75, 3.05) is 12.4 Å². The predicted molar refractivity (Wildman–Crippen MR) is 67.5 cm³/mol. The Balaban J connectivity index is 2.47. The first-order valence-electron chi connectivity index (χ1n) is 5.76. The highest BCUT2D eigenvalue weighted by atomic mass is 32.2. The number of aryl methyl sites for hydroxylation is 1. The summed E-state index contributed by atoms with van der Waals surface area (Å²) in [6.45, 7) is 7.45. The SMILES string of the molecule is CCCn1c(C)nnc1CSCC(C)CO. The van der Waals surface area contributed by atoms with Gasteiger partial charge in [-0.25, -0.2) is 0 Å². The Bertz CT molecular complexity index is 314. The highest BCUT2D eigenvalue weighted by Crippen LogP contribution is 2.15. The van der Waals surface area contributed by atoms with Crippen molar-refractivity contribution in [2.24, 2.45) is 5.92 Å². The fraction of sp³-hybridized carbons (Fsp3) is 0.818. The van der Waals surface area contributed by atoms with Gasteiger partial charge in [0.2, 0.25) is 0 Å². The molecular weight excluding hydrogens is 222 g/mol. The van der Waals surface area contributed by atoms with Gasteiger partial charge in [0.1, 0.15) is 11.6 Å². The Labute approximate surface area is 101 Å². The molecule has 0 aliphatic rings. The minimum Gasteiger partial charge on any atom is -0.396 e. The molecule has 0 fully saturated rings. The highest BCUT2D eigenvalue weighted by molar-refractivity contribution is 7.98. The Morgan fingerprint density at radius 2 is 2.19 bits per heavy atom. The van der Waals surface area contributed by atoms with Crippen LogP contribution in [0.5, 0.6) is 0 Å². The van der Waals surface area contributed by atoms with Crippen molar-refractivity contribution >= 4 is 11.8 Å². The summed E-state index contributed by atoms with van der Waals surface area (Å²) < 4.78 is 2.18. The van der Waals surface area contributed by atoms with E-state index < -0.39 is 0 Å². The maximum Gasteiger partial charge on any atom is 0.143 e. The van der Waals surface area contributed by atoms with Crippen molar-refractivity contribution in [2.45, 2.75) is 39.5 Å². The van der Waals surface area contributed by atoms with Crippen LogP contribution in [-0.4, -0.2) is 32.2 Å². The molecule has 0 bridgehead atoms. The first-order chi connectivity index (χ1) is 7.69. The number of nitrogens with zero attached hydrogens (tertiary/aromatic N) is 3. The van der Waals surface area contributed by atoms with E-state index >= 15 is 0 Å². The summed E-state index contributed by atoms with van der Waals surface area (Å²) in [6.07, 6.45) is 1.10. The molecule has 0 spiro atoms. The van der Waals surface area contributed by atoms with Crippen LogP contribution >= 0.6 is 11.8 Å². The van der Waals surface area contributed by atoms with Gasteiger partial charge in [0.05, 0.1) is 5.75 Å². The summed E-state index contributed by atoms with van der Waals surface area (Å²) in [4.78, 5) is 0. The summed E-state index contributed by atoms with van der Waals surface area (Å²) in [6, 6.07) is 0. The van der Waals surface area contributed by atoms with E-state index in [0.29, 0.717) is 5.92 Å². The molecule has 0 aliphatic heterocycles. The van der Waals surface area contributed by atoms with E-state index in [9.17, 15) is 0 Å². The molecule has 1 unspecified atom stereocenters. The predicted octanol–water partition coefficient (Wildman–Crippen LogP) is 1.86. The van der Waals surface area contributed by atoms with Crippen molar-refractivity contribution in [3.8, 4) is 0 Å². The number of hydrogen-bond acceptors (Lipinski definition) is 4. The van der Waals surface area contributed by atoms with Gasteiger partial charge in [-0.1, -0.05) is 13.8 Å². The summed E-state index contributed by atoms with van der Waals surface area (Å²) in [5.41, 5.74) is 0. The maximum absolute atomic E-state index is 8.93. The van der Waals surface area contributed by atoms with E-state index in [1.54, 1.807) is 0 Å². The molecule has 5 heteroatoms. The Kier molecular flexibility index (Phi) is 5.84. The first kappa shape index (κ1) is 13.5. The minimum atomic E-state index is 0.258. The zero-order valence-corrected chi connectivity index (χ0v) is 11.1. The van der Waals surface area contributed by atoms with Crippen LogP contribution in [0.15, 0.2) is 0 Å². The van der Waals surface area contributed by atoms with E-state index in [1.165, 1.54) is 0 Å². The molecule has 0 saturated heterocycles. The quantitative estimate of drug-likeness (QED) is 0.794. The van der Waals surface area contributed by atoms with E-state index in [2.05, 4.69) is 28.6 Å². The van der Waals surface area contributed by atoms with Crippen LogP contribution in [0.4, 0.5) is 0 Å². The molecule has 0 aromatic carbocycles. The molecule has 0 aliphatic carbocycles. The molecule has 1 N–H and O–H groups in total. The van der Waals surface area contributed by atoms with E-state index in [0.717, 1.165) is 36.1 Å². The average Bonchev–Trinajstić information content (AvgIpc) is 2.62. The third kappa shape index (κ3) is 3.79. The van der Waals surface area contributed by atoms with Crippen LogP contribution in [0.25, 0.3) is 0 Å². The van der Waals surface area contributed by atoms with Gasteiger partial charge in [0.25, 0.3) is 0 Å². The molecule has 0 saturated carbocycles. The van der Waals surface area contributed by atoms with Crippen LogP contribution < -0.4 is 0 Å². The molecule has 4 nitrogen and oxygen atoms in total. The second-order valence-corrected chi connectivity index (χ2v) is 5.15. The van der Waals surface area contributed by atoms with E-state index in [4.69, 9.17) is 5.11 Å². The van der Waals surface area contributed by atoms with E-state index in [1.807, 2.05) is 18.7 Å². The standard InChI is InChI=1S/C11H21N3OS/c1-4-5-14-10(3)12-13-11(14)8-16-7-9(2)6-15/h9,15H,4-8H2,1-3H3. The van der Waals surface area contributed by atoms with Crippen LogP contribution in [0.2, 0.25) is 0 Å². The normalized spacial score (nSPS) is 13.0. The third-order valence-electron chi connectivity index (χ3n) is 2.40. The lowest BCUT2D eigenvalue weighted by Crippen LogP contribution is -2.07. The van der Waals surface area contributed by atoms with Crippen molar-refractivity contribution in [1.82, 2.24) is 14.8 Å². The number of aromatic nitrogens is 3. The van der Waals surface area contributed by atoms with Crippen molar-refractivity contribution < 1.29 is 5.11 Å². The zero-order valence-electron chi connectivity index (χ0n) is 10.3. The van der Waals surface area contributed by atoms with Gasteiger partial charge in [-0.3, -0.25) is 0 Å². The Morgan fingerprint density at radius 3 is 2.81 bits per heavy atom. The minimum absolute atomic E-state index is 0.258. The molecule has 1 heterocycles. The molecule has 92 valence electrons. The number of aliphatic hydroxyl groups is 1. The maximum atomic E-state index is 8.93. The lowest BCUT2D eigenvalue weighted by molar-refractivity contribution is 0.250. The van der Waals surface area contributed by atoms with Crippen LogP contribution in [0.3, 0.4) is 0 Å². The summed E-state index contributed by atoms with van der Waals surface area (Å²) >= 11 is 1.81. The second kappa shape index (κ2) is 6.91. The lowest BCUT2D eigenvalue weighted by atomic mass is 10.2. The van der Waals surface area contributed by atoms with Gasteiger partial charge in [-0.15, -0.1) is 10.2 Å². The molecule has 16 heavy (non-hydrogen) atoms. The zero-order chi connectivity index (χ0) is 12.0. The van der Waals surface area contributed by atoms with Crippen molar-refractivity contribution in [1.29, 1.82) is 0 Å². The average molecular weight is 243 g/mol. The summed E-state index contributed by atoms with van der Waals surface area (Å²) in [7, 11) is 0. The number of aliphatic hydroxyl groups excluding tert-OH is 1. The fourth-order valence-corrected chi connectivity index (χ4v) is 2.47. The largest absolute Gasteiger partial charge is 0.396 e. The smallest absolute Gasteiger partial charge is 0.143 e. The molecule has 1 aromatic rings. The molecule has 1 aromatic heterocycles. The first-order valence-corrected chi connectivity index (χ1v) is 6.91. The van der Waals surface area contributed by atoms with Gasteiger partial charge in [0.15, 0.2) is 0 Å². The number of hydrogen-bond donors (Lipinski definition) is 1. The van der Waals surface area contributed by atoms with Gasteiger partial charge in [0, 0.05) is 13.2 Å². The van der Waals surface area contributed by atoms with Gasteiger partial charge < -0.3 is 9.67 Å². The third-order valence-corrected chi connectivity index (χ3v) is 3.67. The molecule has 0 amide bonds. The molecule has 1 atom stereocenters. The van der Waals surface area contributed by atoms with Crippen LogP contribution in [0.1, 0.15) is 31.9 Å². The topological polar surface area (TPSA) is 50.9 Å². The summed E-state index contributed by atoms with van der Waals surface area (Å²) in [5, 5.41) is 17.2.